The zero-order chi connectivity index (χ0) is 12.1. The molecule has 2 rings (SSSR count). The summed E-state index contributed by atoms with van der Waals surface area (Å²) in [4.78, 5) is 0. The van der Waals surface area contributed by atoms with Gasteiger partial charge in [-0.3, -0.25) is 0 Å². The SMILES string of the molecule is Fc1ccc(OCCCCNC2CC2)cc1F. The molecule has 0 spiro atoms. The molecule has 17 heavy (non-hydrogen) atoms. The Balaban J connectivity index is 1.58. The van der Waals surface area contributed by atoms with Crippen molar-refractivity contribution in [3.63, 3.8) is 0 Å². The van der Waals surface area contributed by atoms with E-state index in [2.05, 4.69) is 5.32 Å². The van der Waals surface area contributed by atoms with E-state index in [1.165, 1.54) is 18.9 Å². The third-order valence-corrected chi connectivity index (χ3v) is 2.74. The Morgan fingerprint density at radius 2 is 2.00 bits per heavy atom. The second kappa shape index (κ2) is 5.96. The van der Waals surface area contributed by atoms with Crippen molar-refractivity contribution in [2.45, 2.75) is 31.7 Å². The lowest BCUT2D eigenvalue weighted by molar-refractivity contribution is 0.303. The summed E-state index contributed by atoms with van der Waals surface area (Å²) in [7, 11) is 0. The predicted octanol–water partition coefficient (Wildman–Crippen LogP) is 2.88. The molecule has 1 aliphatic carbocycles. The Kier molecular flexibility index (Phi) is 4.31. The summed E-state index contributed by atoms with van der Waals surface area (Å²) >= 11 is 0. The first-order valence-electron chi connectivity index (χ1n) is 6.07. The van der Waals surface area contributed by atoms with Crippen LogP contribution >= 0.6 is 0 Å². The molecule has 1 saturated carbocycles. The smallest absolute Gasteiger partial charge is 0.162 e. The molecule has 0 radical (unpaired) electrons. The third kappa shape index (κ3) is 4.30. The summed E-state index contributed by atoms with van der Waals surface area (Å²) in [6.45, 7) is 1.54. The lowest BCUT2D eigenvalue weighted by Gasteiger charge is -2.06. The highest BCUT2D eigenvalue weighted by Gasteiger charge is 2.19. The number of hydrogen-bond acceptors (Lipinski definition) is 2. The molecule has 0 amide bonds. The average molecular weight is 241 g/mol. The van der Waals surface area contributed by atoms with Gasteiger partial charge in [0, 0.05) is 12.1 Å². The van der Waals surface area contributed by atoms with Crippen LogP contribution in [-0.4, -0.2) is 19.2 Å². The molecule has 0 unspecified atom stereocenters. The van der Waals surface area contributed by atoms with Gasteiger partial charge in [-0.1, -0.05) is 0 Å². The van der Waals surface area contributed by atoms with Crippen LogP contribution in [0.25, 0.3) is 0 Å². The van der Waals surface area contributed by atoms with Crippen molar-refractivity contribution in [2.75, 3.05) is 13.2 Å². The van der Waals surface area contributed by atoms with E-state index in [9.17, 15) is 8.78 Å². The van der Waals surface area contributed by atoms with Gasteiger partial charge >= 0.3 is 0 Å². The number of ether oxygens (including phenoxy) is 1. The normalized spacial score (nSPS) is 14.9. The summed E-state index contributed by atoms with van der Waals surface area (Å²) in [5, 5.41) is 3.41. The van der Waals surface area contributed by atoms with Crippen molar-refractivity contribution in [3.05, 3.63) is 29.8 Å². The fraction of sp³-hybridized carbons (Fsp3) is 0.538. The van der Waals surface area contributed by atoms with Crippen LogP contribution < -0.4 is 10.1 Å². The topological polar surface area (TPSA) is 21.3 Å². The van der Waals surface area contributed by atoms with Gasteiger partial charge in [0.1, 0.15) is 5.75 Å². The molecule has 0 aliphatic heterocycles. The molecular formula is C13H17F2NO. The Bertz CT molecular complexity index is 366. The molecule has 2 nitrogen and oxygen atoms in total. The number of unbranched alkanes of at least 4 members (excludes halogenated alkanes) is 1. The van der Waals surface area contributed by atoms with Gasteiger partial charge in [-0.15, -0.1) is 0 Å². The Morgan fingerprint density at radius 1 is 1.18 bits per heavy atom. The van der Waals surface area contributed by atoms with Crippen LogP contribution in [0.5, 0.6) is 5.75 Å². The second-order valence-electron chi connectivity index (χ2n) is 4.36. The number of hydrogen-bond donors (Lipinski definition) is 1. The molecule has 0 aromatic heterocycles. The number of nitrogens with one attached hydrogen (secondary N) is 1. The molecule has 1 aromatic carbocycles. The summed E-state index contributed by atoms with van der Waals surface area (Å²) < 4.78 is 30.8. The van der Waals surface area contributed by atoms with Crippen LogP contribution in [-0.2, 0) is 0 Å². The predicted molar refractivity (Wildman–Crippen MR) is 62.1 cm³/mol. The fourth-order valence-corrected chi connectivity index (χ4v) is 1.58. The summed E-state index contributed by atoms with van der Waals surface area (Å²) in [5.74, 6) is -1.32. The second-order valence-corrected chi connectivity index (χ2v) is 4.36. The van der Waals surface area contributed by atoms with E-state index in [-0.39, 0.29) is 0 Å². The molecule has 0 saturated heterocycles. The van der Waals surface area contributed by atoms with E-state index in [0.717, 1.165) is 37.6 Å². The molecular weight excluding hydrogens is 224 g/mol. The largest absolute Gasteiger partial charge is 0.493 e. The lowest BCUT2D eigenvalue weighted by Crippen LogP contribution is -2.17. The molecule has 94 valence electrons. The van der Waals surface area contributed by atoms with Crippen molar-refractivity contribution in [3.8, 4) is 5.75 Å². The summed E-state index contributed by atoms with van der Waals surface area (Å²) in [6.07, 6.45) is 4.55. The maximum atomic E-state index is 12.8. The minimum atomic E-state index is -0.863. The van der Waals surface area contributed by atoms with Crippen molar-refractivity contribution in [1.82, 2.24) is 5.32 Å². The highest BCUT2D eigenvalue weighted by molar-refractivity contribution is 5.23. The summed E-state index contributed by atoms with van der Waals surface area (Å²) in [6, 6.07) is 4.35. The van der Waals surface area contributed by atoms with Crippen LogP contribution in [0.4, 0.5) is 8.78 Å². The fourth-order valence-electron chi connectivity index (χ4n) is 1.58. The maximum absolute atomic E-state index is 12.8. The van der Waals surface area contributed by atoms with Crippen LogP contribution in [0.1, 0.15) is 25.7 Å². The van der Waals surface area contributed by atoms with Crippen molar-refractivity contribution >= 4 is 0 Å². The van der Waals surface area contributed by atoms with Gasteiger partial charge in [0.25, 0.3) is 0 Å². The minimum Gasteiger partial charge on any atom is -0.493 e. The molecule has 1 aliphatic rings. The first-order chi connectivity index (χ1) is 8.25. The lowest BCUT2D eigenvalue weighted by atomic mass is 10.3. The van der Waals surface area contributed by atoms with Gasteiger partial charge in [-0.2, -0.15) is 0 Å². The van der Waals surface area contributed by atoms with Gasteiger partial charge in [0.05, 0.1) is 6.61 Å². The molecule has 0 bridgehead atoms. The van der Waals surface area contributed by atoms with E-state index in [4.69, 9.17) is 4.74 Å². The number of benzene rings is 1. The third-order valence-electron chi connectivity index (χ3n) is 2.74. The van der Waals surface area contributed by atoms with Gasteiger partial charge in [-0.05, 0) is 44.4 Å². The van der Waals surface area contributed by atoms with Gasteiger partial charge < -0.3 is 10.1 Å². The van der Waals surface area contributed by atoms with Gasteiger partial charge in [0.15, 0.2) is 11.6 Å². The number of rotatable bonds is 7. The van der Waals surface area contributed by atoms with Crippen LogP contribution in [0.3, 0.4) is 0 Å². The highest BCUT2D eigenvalue weighted by atomic mass is 19.2. The molecule has 0 atom stereocenters. The van der Waals surface area contributed by atoms with E-state index >= 15 is 0 Å². The van der Waals surface area contributed by atoms with Crippen LogP contribution in [0.15, 0.2) is 18.2 Å². The molecule has 1 aromatic rings. The van der Waals surface area contributed by atoms with Crippen LogP contribution in [0, 0.1) is 11.6 Å². The Morgan fingerprint density at radius 3 is 2.71 bits per heavy atom. The van der Waals surface area contributed by atoms with Crippen molar-refractivity contribution in [2.24, 2.45) is 0 Å². The minimum absolute atomic E-state index is 0.388. The highest BCUT2D eigenvalue weighted by Crippen LogP contribution is 2.18. The van der Waals surface area contributed by atoms with E-state index in [0.29, 0.717) is 12.4 Å². The number of halogens is 2. The standard InChI is InChI=1S/C13H17F2NO/c14-12-6-5-11(9-13(12)15)17-8-2-1-7-16-10-3-4-10/h5-6,9-10,16H,1-4,7-8H2. The van der Waals surface area contributed by atoms with Gasteiger partial charge in [-0.25, -0.2) is 8.78 Å². The molecule has 1 N–H and O–H groups in total. The quantitative estimate of drug-likeness (QED) is 0.741. The van der Waals surface area contributed by atoms with Crippen molar-refractivity contribution < 1.29 is 13.5 Å². The average Bonchev–Trinajstić information content (AvgIpc) is 3.12. The Labute approximate surface area is 100.0 Å². The van der Waals surface area contributed by atoms with E-state index in [1.54, 1.807) is 0 Å². The van der Waals surface area contributed by atoms with Crippen LogP contribution in [0.2, 0.25) is 0 Å². The molecule has 1 fully saturated rings. The van der Waals surface area contributed by atoms with Crippen molar-refractivity contribution in [1.29, 1.82) is 0 Å². The first kappa shape index (κ1) is 12.3. The zero-order valence-electron chi connectivity index (χ0n) is 9.72. The monoisotopic (exact) mass is 241 g/mol. The summed E-state index contributed by atoms with van der Waals surface area (Å²) in [5.41, 5.74) is 0. The van der Waals surface area contributed by atoms with E-state index in [1.807, 2.05) is 0 Å². The Hall–Kier alpha value is -1.16. The zero-order valence-corrected chi connectivity index (χ0v) is 9.72. The molecule has 0 heterocycles. The van der Waals surface area contributed by atoms with E-state index < -0.39 is 11.6 Å². The molecule has 4 heteroatoms. The van der Waals surface area contributed by atoms with Gasteiger partial charge in [0.2, 0.25) is 0 Å². The maximum Gasteiger partial charge on any atom is 0.162 e. The first-order valence-corrected chi connectivity index (χ1v) is 6.07.